The van der Waals surface area contributed by atoms with Gasteiger partial charge < -0.3 is 4.57 Å². The molecular formula is C25H17N3O3. The number of rotatable bonds is 4. The van der Waals surface area contributed by atoms with Crippen LogP contribution in [-0.2, 0) is 6.54 Å². The van der Waals surface area contributed by atoms with E-state index in [0.717, 1.165) is 21.9 Å². The first kappa shape index (κ1) is 18.7. The number of hydrogen-bond acceptors (Lipinski definition) is 4. The van der Waals surface area contributed by atoms with E-state index in [0.29, 0.717) is 17.6 Å². The highest BCUT2D eigenvalue weighted by Crippen LogP contribution is 2.23. The van der Waals surface area contributed by atoms with E-state index < -0.39 is 4.92 Å². The summed E-state index contributed by atoms with van der Waals surface area (Å²) in [6.07, 6.45) is 0. The lowest BCUT2D eigenvalue weighted by atomic mass is 10.1. The largest absolute Gasteiger partial charge is 0.300 e. The highest BCUT2D eigenvalue weighted by atomic mass is 16.6. The predicted octanol–water partition coefficient (Wildman–Crippen LogP) is 5.17. The third-order valence-corrected chi connectivity index (χ3v) is 5.34. The fourth-order valence-corrected chi connectivity index (χ4v) is 3.82. The number of nitrogens with zero attached hydrogens (tertiary/aromatic N) is 3. The Morgan fingerprint density at radius 3 is 2.45 bits per heavy atom. The van der Waals surface area contributed by atoms with Crippen LogP contribution in [0, 0.1) is 10.1 Å². The van der Waals surface area contributed by atoms with Crippen LogP contribution >= 0.6 is 0 Å². The van der Waals surface area contributed by atoms with E-state index in [9.17, 15) is 14.9 Å². The monoisotopic (exact) mass is 407 g/mol. The summed E-state index contributed by atoms with van der Waals surface area (Å²) >= 11 is 0. The van der Waals surface area contributed by atoms with Gasteiger partial charge in [-0.05, 0) is 34.5 Å². The number of nitro groups is 1. The zero-order valence-electron chi connectivity index (χ0n) is 16.4. The van der Waals surface area contributed by atoms with Gasteiger partial charge in [0.15, 0.2) is 0 Å². The Morgan fingerprint density at radius 1 is 0.839 bits per heavy atom. The molecule has 1 aromatic heterocycles. The van der Waals surface area contributed by atoms with E-state index in [1.807, 2.05) is 60.7 Å². The maximum atomic E-state index is 13.5. The SMILES string of the molecule is O=c1c(-c2cccc([N+](=O)[O-])c2)nc2ccccc2n1Cc1ccc2ccccc2c1. The number of fused-ring (bicyclic) bond motifs is 2. The van der Waals surface area contributed by atoms with Gasteiger partial charge in [-0.25, -0.2) is 4.98 Å². The molecule has 0 atom stereocenters. The summed E-state index contributed by atoms with van der Waals surface area (Å²) in [5, 5.41) is 13.4. The van der Waals surface area contributed by atoms with Gasteiger partial charge in [0, 0.05) is 17.7 Å². The molecular weight excluding hydrogens is 390 g/mol. The summed E-state index contributed by atoms with van der Waals surface area (Å²) in [4.78, 5) is 28.7. The van der Waals surface area contributed by atoms with Crippen LogP contribution in [0.25, 0.3) is 33.1 Å². The van der Waals surface area contributed by atoms with Crippen LogP contribution in [0.3, 0.4) is 0 Å². The minimum absolute atomic E-state index is 0.0760. The number of aromatic nitrogens is 2. The normalized spacial score (nSPS) is 11.1. The molecule has 0 N–H and O–H groups in total. The van der Waals surface area contributed by atoms with Gasteiger partial charge in [0.1, 0.15) is 5.69 Å². The molecule has 6 nitrogen and oxygen atoms in total. The highest BCUT2D eigenvalue weighted by Gasteiger charge is 2.15. The number of benzene rings is 4. The predicted molar refractivity (Wildman–Crippen MR) is 121 cm³/mol. The number of non-ortho nitro benzene ring substituents is 1. The van der Waals surface area contributed by atoms with Crippen molar-refractivity contribution < 1.29 is 4.92 Å². The van der Waals surface area contributed by atoms with E-state index in [-0.39, 0.29) is 16.9 Å². The van der Waals surface area contributed by atoms with Crippen molar-refractivity contribution in [3.8, 4) is 11.3 Å². The molecule has 0 amide bonds. The minimum Gasteiger partial charge on any atom is -0.300 e. The van der Waals surface area contributed by atoms with Crippen LogP contribution < -0.4 is 5.56 Å². The Kier molecular flexibility index (Phi) is 4.52. The van der Waals surface area contributed by atoms with E-state index >= 15 is 0 Å². The molecule has 0 unspecified atom stereocenters. The first-order valence-corrected chi connectivity index (χ1v) is 9.82. The average molecular weight is 407 g/mol. The quantitative estimate of drug-likeness (QED) is 0.304. The van der Waals surface area contributed by atoms with Crippen molar-refractivity contribution in [2.75, 3.05) is 0 Å². The van der Waals surface area contributed by atoms with Crippen LogP contribution in [0.4, 0.5) is 5.69 Å². The molecule has 0 aliphatic carbocycles. The smallest absolute Gasteiger partial charge is 0.277 e. The second-order valence-electron chi connectivity index (χ2n) is 7.33. The van der Waals surface area contributed by atoms with Gasteiger partial charge in [0.05, 0.1) is 22.5 Å². The summed E-state index contributed by atoms with van der Waals surface area (Å²) in [6.45, 7) is 0.370. The highest BCUT2D eigenvalue weighted by molar-refractivity contribution is 5.83. The van der Waals surface area contributed by atoms with Gasteiger partial charge in [0.25, 0.3) is 11.2 Å². The summed E-state index contributed by atoms with van der Waals surface area (Å²) < 4.78 is 1.68. The Hall–Kier alpha value is -4.32. The molecule has 0 saturated carbocycles. The van der Waals surface area contributed by atoms with Crippen molar-refractivity contribution in [2.45, 2.75) is 6.54 Å². The Balaban J connectivity index is 1.70. The molecule has 0 saturated heterocycles. The van der Waals surface area contributed by atoms with Crippen molar-refractivity contribution >= 4 is 27.5 Å². The van der Waals surface area contributed by atoms with Gasteiger partial charge in [-0.2, -0.15) is 0 Å². The fourth-order valence-electron chi connectivity index (χ4n) is 3.82. The van der Waals surface area contributed by atoms with Gasteiger partial charge in [0.2, 0.25) is 0 Å². The zero-order valence-corrected chi connectivity index (χ0v) is 16.4. The van der Waals surface area contributed by atoms with E-state index in [1.54, 1.807) is 16.7 Å². The molecule has 0 radical (unpaired) electrons. The lowest BCUT2D eigenvalue weighted by Gasteiger charge is -2.13. The Bertz CT molecular complexity index is 1520. The Labute approximate surface area is 177 Å². The van der Waals surface area contributed by atoms with Gasteiger partial charge in [-0.15, -0.1) is 0 Å². The van der Waals surface area contributed by atoms with Crippen molar-refractivity contribution in [3.05, 3.63) is 117 Å². The number of nitro benzene ring substituents is 1. The summed E-state index contributed by atoms with van der Waals surface area (Å²) in [6, 6.07) is 27.7. The standard InChI is InChI=1S/C25H17N3O3/c29-25-24(20-8-5-9-21(15-20)28(30)31)26-22-10-3-4-11-23(22)27(25)16-17-12-13-18-6-1-2-7-19(18)14-17/h1-15H,16H2. The molecule has 5 rings (SSSR count). The number of para-hydroxylation sites is 2. The van der Waals surface area contributed by atoms with Crippen LogP contribution in [0.1, 0.15) is 5.56 Å². The second kappa shape index (κ2) is 7.50. The number of hydrogen-bond donors (Lipinski definition) is 0. The molecule has 150 valence electrons. The van der Waals surface area contributed by atoms with Crippen LogP contribution in [0.15, 0.2) is 95.8 Å². The van der Waals surface area contributed by atoms with Gasteiger partial charge >= 0.3 is 0 Å². The topological polar surface area (TPSA) is 78.0 Å². The summed E-state index contributed by atoms with van der Waals surface area (Å²) in [5.74, 6) is 0. The molecule has 0 fully saturated rings. The lowest BCUT2D eigenvalue weighted by Crippen LogP contribution is -2.24. The van der Waals surface area contributed by atoms with Crippen LogP contribution in [-0.4, -0.2) is 14.5 Å². The fraction of sp³-hybridized carbons (Fsp3) is 0.0400. The van der Waals surface area contributed by atoms with Gasteiger partial charge in [-0.1, -0.05) is 60.7 Å². The third-order valence-electron chi connectivity index (χ3n) is 5.34. The second-order valence-corrected chi connectivity index (χ2v) is 7.33. The van der Waals surface area contributed by atoms with E-state index in [4.69, 9.17) is 0 Å². The molecule has 31 heavy (non-hydrogen) atoms. The zero-order chi connectivity index (χ0) is 21.4. The first-order valence-electron chi connectivity index (χ1n) is 9.82. The van der Waals surface area contributed by atoms with Crippen molar-refractivity contribution in [2.24, 2.45) is 0 Å². The third kappa shape index (κ3) is 3.44. The molecule has 5 aromatic rings. The van der Waals surface area contributed by atoms with Crippen molar-refractivity contribution in [1.29, 1.82) is 0 Å². The lowest BCUT2D eigenvalue weighted by molar-refractivity contribution is -0.384. The van der Waals surface area contributed by atoms with E-state index in [2.05, 4.69) is 11.1 Å². The van der Waals surface area contributed by atoms with Gasteiger partial charge in [-0.3, -0.25) is 14.9 Å². The summed E-state index contributed by atoms with van der Waals surface area (Å²) in [7, 11) is 0. The molecule has 6 heteroatoms. The maximum Gasteiger partial charge on any atom is 0.277 e. The summed E-state index contributed by atoms with van der Waals surface area (Å²) in [5.41, 5.74) is 2.63. The molecule has 0 bridgehead atoms. The van der Waals surface area contributed by atoms with Crippen molar-refractivity contribution in [3.63, 3.8) is 0 Å². The first-order chi connectivity index (χ1) is 15.1. The average Bonchev–Trinajstić information content (AvgIpc) is 2.80. The van der Waals surface area contributed by atoms with Crippen LogP contribution in [0.2, 0.25) is 0 Å². The molecule has 1 heterocycles. The maximum absolute atomic E-state index is 13.5. The minimum atomic E-state index is -0.474. The molecule has 0 spiro atoms. The van der Waals surface area contributed by atoms with E-state index in [1.165, 1.54) is 12.1 Å². The molecule has 4 aromatic carbocycles. The van der Waals surface area contributed by atoms with Crippen LogP contribution in [0.5, 0.6) is 0 Å². The molecule has 0 aliphatic rings. The van der Waals surface area contributed by atoms with Crippen molar-refractivity contribution in [1.82, 2.24) is 9.55 Å². The Morgan fingerprint density at radius 2 is 1.61 bits per heavy atom. The molecule has 0 aliphatic heterocycles.